The van der Waals surface area contributed by atoms with Gasteiger partial charge in [0.05, 0.1) is 0 Å². The first-order valence-corrected chi connectivity index (χ1v) is 3.78. The first kappa shape index (κ1) is 11.5. The van der Waals surface area contributed by atoms with Crippen LogP contribution in [0.25, 0.3) is 0 Å². The molecule has 13 heavy (non-hydrogen) atoms. The molecule has 5 nitrogen and oxygen atoms in total. The molecule has 0 rings (SSSR count). The van der Waals surface area contributed by atoms with Crippen molar-refractivity contribution in [3.63, 3.8) is 0 Å². The fourth-order valence-electron chi connectivity index (χ4n) is 0.636. The van der Waals surface area contributed by atoms with Crippen LogP contribution in [0, 0.1) is 0 Å². The highest BCUT2D eigenvalue weighted by Gasteiger charge is 2.10. The average Bonchev–Trinajstić information content (AvgIpc) is 1.98. The summed E-state index contributed by atoms with van der Waals surface area (Å²) in [6.45, 7) is 5.43. The molecule has 0 aromatic carbocycles. The van der Waals surface area contributed by atoms with Crippen molar-refractivity contribution in [2.75, 3.05) is 20.1 Å². The van der Waals surface area contributed by atoms with Crippen LogP contribution in [0.15, 0.2) is 12.2 Å². The Morgan fingerprint density at radius 1 is 1.54 bits per heavy atom. The van der Waals surface area contributed by atoms with Crippen LogP contribution in [0.2, 0.25) is 0 Å². The van der Waals surface area contributed by atoms with Gasteiger partial charge in [0, 0.05) is 13.6 Å². The predicted molar refractivity (Wildman–Crippen MR) is 48.5 cm³/mol. The lowest BCUT2D eigenvalue weighted by molar-refractivity contribution is -0.137. The van der Waals surface area contributed by atoms with Gasteiger partial charge >= 0.3 is 12.0 Å². The van der Waals surface area contributed by atoms with E-state index in [0.29, 0.717) is 6.54 Å². The van der Waals surface area contributed by atoms with Crippen molar-refractivity contribution in [2.45, 2.75) is 6.92 Å². The Labute approximate surface area is 77.0 Å². The molecule has 0 aliphatic carbocycles. The SMILES string of the molecule is C=C(C)CNC(=O)N(C)CC(=O)O. The zero-order chi connectivity index (χ0) is 10.4. The van der Waals surface area contributed by atoms with E-state index < -0.39 is 12.0 Å². The summed E-state index contributed by atoms with van der Waals surface area (Å²) in [5, 5.41) is 10.9. The van der Waals surface area contributed by atoms with E-state index in [1.807, 2.05) is 0 Å². The second-order valence-corrected chi connectivity index (χ2v) is 2.87. The van der Waals surface area contributed by atoms with Gasteiger partial charge in [-0.1, -0.05) is 12.2 Å². The van der Waals surface area contributed by atoms with Gasteiger partial charge in [0.15, 0.2) is 0 Å². The zero-order valence-corrected chi connectivity index (χ0v) is 7.83. The number of nitrogens with zero attached hydrogens (tertiary/aromatic N) is 1. The molecule has 0 radical (unpaired) electrons. The van der Waals surface area contributed by atoms with Crippen molar-refractivity contribution in [1.82, 2.24) is 10.2 Å². The summed E-state index contributed by atoms with van der Waals surface area (Å²) in [7, 11) is 1.42. The number of urea groups is 1. The summed E-state index contributed by atoms with van der Waals surface area (Å²) >= 11 is 0. The number of aliphatic carboxylic acids is 1. The third-order valence-electron chi connectivity index (χ3n) is 1.26. The quantitative estimate of drug-likeness (QED) is 0.620. The van der Waals surface area contributed by atoms with E-state index in [0.717, 1.165) is 10.5 Å². The fourth-order valence-corrected chi connectivity index (χ4v) is 0.636. The number of nitrogens with one attached hydrogen (secondary N) is 1. The van der Waals surface area contributed by atoms with Gasteiger partial charge in [-0.05, 0) is 6.92 Å². The van der Waals surface area contributed by atoms with E-state index in [2.05, 4.69) is 11.9 Å². The van der Waals surface area contributed by atoms with Crippen LogP contribution in [0.3, 0.4) is 0 Å². The maximum absolute atomic E-state index is 11.1. The topological polar surface area (TPSA) is 69.6 Å². The van der Waals surface area contributed by atoms with Gasteiger partial charge in [0.1, 0.15) is 6.54 Å². The molecule has 74 valence electrons. The normalized spacial score (nSPS) is 9.08. The summed E-state index contributed by atoms with van der Waals surface area (Å²) in [6, 6.07) is -0.412. The Kier molecular flexibility index (Phi) is 4.58. The Hall–Kier alpha value is -1.52. The van der Waals surface area contributed by atoms with Crippen LogP contribution in [-0.4, -0.2) is 42.1 Å². The maximum atomic E-state index is 11.1. The first-order chi connectivity index (χ1) is 5.93. The summed E-state index contributed by atoms with van der Waals surface area (Å²) in [5.41, 5.74) is 0.817. The smallest absolute Gasteiger partial charge is 0.323 e. The summed E-state index contributed by atoms with van der Waals surface area (Å²) in [5.74, 6) is -1.03. The number of amides is 2. The summed E-state index contributed by atoms with van der Waals surface area (Å²) in [6.07, 6.45) is 0. The molecule has 0 bridgehead atoms. The van der Waals surface area contributed by atoms with Gasteiger partial charge in [0.2, 0.25) is 0 Å². The number of rotatable bonds is 4. The van der Waals surface area contributed by atoms with Crippen molar-refractivity contribution < 1.29 is 14.7 Å². The van der Waals surface area contributed by atoms with Gasteiger partial charge < -0.3 is 15.3 Å². The number of carbonyl (C=O) groups is 2. The van der Waals surface area contributed by atoms with Crippen molar-refractivity contribution in [2.24, 2.45) is 0 Å². The lowest BCUT2D eigenvalue weighted by atomic mass is 10.3. The molecule has 0 fully saturated rings. The molecule has 5 heteroatoms. The lowest BCUT2D eigenvalue weighted by Gasteiger charge is -2.15. The van der Waals surface area contributed by atoms with Gasteiger partial charge in [-0.2, -0.15) is 0 Å². The average molecular weight is 186 g/mol. The number of carbonyl (C=O) groups excluding carboxylic acids is 1. The lowest BCUT2D eigenvalue weighted by Crippen LogP contribution is -2.40. The van der Waals surface area contributed by atoms with Crippen LogP contribution in [0.1, 0.15) is 6.92 Å². The van der Waals surface area contributed by atoms with E-state index in [1.165, 1.54) is 7.05 Å². The van der Waals surface area contributed by atoms with Crippen molar-refractivity contribution >= 4 is 12.0 Å². The minimum absolute atomic E-state index is 0.304. The van der Waals surface area contributed by atoms with Crippen LogP contribution in [0.5, 0.6) is 0 Å². The van der Waals surface area contributed by atoms with Crippen LogP contribution < -0.4 is 5.32 Å². The van der Waals surface area contributed by atoms with E-state index in [1.54, 1.807) is 6.92 Å². The van der Waals surface area contributed by atoms with Gasteiger partial charge in [0.25, 0.3) is 0 Å². The van der Waals surface area contributed by atoms with E-state index in [-0.39, 0.29) is 6.54 Å². The minimum Gasteiger partial charge on any atom is -0.480 e. The largest absolute Gasteiger partial charge is 0.480 e. The monoisotopic (exact) mass is 186 g/mol. The molecule has 0 saturated heterocycles. The van der Waals surface area contributed by atoms with Crippen LogP contribution >= 0.6 is 0 Å². The molecular weight excluding hydrogens is 172 g/mol. The molecule has 0 spiro atoms. The number of carboxylic acid groups (broad SMARTS) is 1. The van der Waals surface area contributed by atoms with Gasteiger partial charge in [-0.15, -0.1) is 0 Å². The predicted octanol–water partition coefficient (Wildman–Crippen LogP) is 0.288. The van der Waals surface area contributed by atoms with Crippen molar-refractivity contribution in [1.29, 1.82) is 0 Å². The maximum Gasteiger partial charge on any atom is 0.323 e. The molecule has 0 atom stereocenters. The second kappa shape index (κ2) is 5.18. The highest BCUT2D eigenvalue weighted by atomic mass is 16.4. The molecule has 0 saturated carbocycles. The molecule has 0 heterocycles. The number of hydrogen-bond donors (Lipinski definition) is 2. The van der Waals surface area contributed by atoms with Crippen molar-refractivity contribution in [3.05, 3.63) is 12.2 Å². The molecule has 0 aliphatic heterocycles. The van der Waals surface area contributed by atoms with Crippen LogP contribution in [-0.2, 0) is 4.79 Å². The Morgan fingerprint density at radius 2 is 2.08 bits per heavy atom. The highest BCUT2D eigenvalue weighted by Crippen LogP contribution is 1.86. The molecule has 0 aromatic heterocycles. The highest BCUT2D eigenvalue weighted by molar-refractivity contribution is 5.79. The summed E-state index contributed by atoms with van der Waals surface area (Å²) < 4.78 is 0. The Bertz CT molecular complexity index is 225. The second-order valence-electron chi connectivity index (χ2n) is 2.87. The number of likely N-dealkylation sites (N-methyl/N-ethyl adjacent to an activating group) is 1. The first-order valence-electron chi connectivity index (χ1n) is 3.78. The number of hydrogen-bond acceptors (Lipinski definition) is 2. The van der Waals surface area contributed by atoms with E-state index >= 15 is 0 Å². The Balaban J connectivity index is 3.82. The summed E-state index contributed by atoms with van der Waals surface area (Å²) in [4.78, 5) is 22.4. The molecule has 2 N–H and O–H groups in total. The standard InChI is InChI=1S/C8H14N2O3/c1-6(2)4-9-8(13)10(3)5-7(11)12/h1,4-5H2,2-3H3,(H,9,13)(H,11,12). The minimum atomic E-state index is -1.03. The van der Waals surface area contributed by atoms with Gasteiger partial charge in [-0.3, -0.25) is 4.79 Å². The molecule has 0 aliphatic rings. The zero-order valence-electron chi connectivity index (χ0n) is 7.83. The third-order valence-corrected chi connectivity index (χ3v) is 1.26. The van der Waals surface area contributed by atoms with E-state index in [9.17, 15) is 9.59 Å². The molecule has 0 aromatic rings. The Morgan fingerprint density at radius 3 is 2.46 bits per heavy atom. The molecular formula is C8H14N2O3. The van der Waals surface area contributed by atoms with Crippen LogP contribution in [0.4, 0.5) is 4.79 Å². The number of carboxylic acids is 1. The van der Waals surface area contributed by atoms with E-state index in [4.69, 9.17) is 5.11 Å². The van der Waals surface area contributed by atoms with Crippen molar-refractivity contribution in [3.8, 4) is 0 Å². The fraction of sp³-hybridized carbons (Fsp3) is 0.500. The molecule has 0 unspecified atom stereocenters. The molecule has 2 amide bonds. The third kappa shape index (κ3) is 5.72. The van der Waals surface area contributed by atoms with Gasteiger partial charge in [-0.25, -0.2) is 4.79 Å².